The van der Waals surface area contributed by atoms with E-state index in [4.69, 9.17) is 14.5 Å². The molecule has 3 aromatic heterocycles. The van der Waals surface area contributed by atoms with Crippen LogP contribution in [-0.2, 0) is 13.7 Å². The molecule has 0 unspecified atom stereocenters. The summed E-state index contributed by atoms with van der Waals surface area (Å²) in [6.45, 7) is 0.389. The molecule has 0 spiro atoms. The maximum Gasteiger partial charge on any atom is 0.130 e. The Morgan fingerprint density at radius 1 is 0.875 bits per heavy atom. The monoisotopic (exact) mass is 422 g/mol. The Morgan fingerprint density at radius 3 is 2.47 bits per heavy atom. The Balaban J connectivity index is 1.34. The summed E-state index contributed by atoms with van der Waals surface area (Å²) in [7, 11) is 3.62. The van der Waals surface area contributed by atoms with E-state index in [2.05, 4.69) is 22.2 Å². The van der Waals surface area contributed by atoms with Crippen LogP contribution in [0.5, 0.6) is 11.5 Å². The first kappa shape index (κ1) is 19.8. The summed E-state index contributed by atoms with van der Waals surface area (Å²) in [5.41, 5.74) is 6.02. The summed E-state index contributed by atoms with van der Waals surface area (Å²) in [6, 6.07) is 21.9. The van der Waals surface area contributed by atoms with Gasteiger partial charge >= 0.3 is 0 Å². The van der Waals surface area contributed by atoms with E-state index in [0.29, 0.717) is 6.61 Å². The number of methoxy groups -OCH3 is 1. The van der Waals surface area contributed by atoms with Gasteiger partial charge in [0.15, 0.2) is 0 Å². The minimum atomic E-state index is 0.389. The van der Waals surface area contributed by atoms with Crippen LogP contribution < -0.4 is 9.47 Å². The molecule has 158 valence electrons. The number of aromatic nitrogens is 4. The van der Waals surface area contributed by atoms with Crippen LogP contribution in [0, 0.1) is 0 Å². The molecule has 6 heteroatoms. The number of hydrogen-bond donors (Lipinski definition) is 0. The van der Waals surface area contributed by atoms with Gasteiger partial charge in [-0.05, 0) is 66.2 Å². The van der Waals surface area contributed by atoms with Crippen molar-refractivity contribution in [1.29, 1.82) is 0 Å². The van der Waals surface area contributed by atoms with E-state index < -0.39 is 0 Å². The first-order chi connectivity index (χ1) is 15.7. The Labute approximate surface area is 186 Å². The standard InChI is InChI=1S/C26H22N4O2/c1-30-26(23(16-28-30)18-12-14-27-15-13-18)19-6-9-21(10-7-19)32-17-20-8-11-22-24(29-20)4-3-5-25(22)31-2/h3-16H,17H2,1-2H3. The van der Waals surface area contributed by atoms with E-state index in [1.54, 1.807) is 19.5 Å². The van der Waals surface area contributed by atoms with Gasteiger partial charge < -0.3 is 9.47 Å². The van der Waals surface area contributed by atoms with Gasteiger partial charge in [0.05, 0.1) is 30.2 Å². The molecule has 5 rings (SSSR count). The Kier molecular flexibility index (Phi) is 5.25. The van der Waals surface area contributed by atoms with Crippen LogP contribution in [0.4, 0.5) is 0 Å². The number of fused-ring (bicyclic) bond motifs is 1. The van der Waals surface area contributed by atoms with Crippen LogP contribution in [0.25, 0.3) is 33.3 Å². The van der Waals surface area contributed by atoms with Gasteiger partial charge in [-0.25, -0.2) is 4.98 Å². The SMILES string of the molecule is COc1cccc2nc(COc3ccc(-c4c(-c5ccncc5)cnn4C)cc3)ccc12. The quantitative estimate of drug-likeness (QED) is 0.372. The van der Waals surface area contributed by atoms with Crippen LogP contribution in [0.15, 0.2) is 85.3 Å². The van der Waals surface area contributed by atoms with Crippen molar-refractivity contribution in [3.05, 3.63) is 91.0 Å². The minimum Gasteiger partial charge on any atom is -0.496 e. The molecule has 0 saturated carbocycles. The van der Waals surface area contributed by atoms with Gasteiger partial charge in [-0.1, -0.05) is 6.07 Å². The van der Waals surface area contributed by atoms with E-state index in [1.807, 2.05) is 72.5 Å². The third kappa shape index (κ3) is 3.78. The molecule has 0 bridgehead atoms. The zero-order valence-electron chi connectivity index (χ0n) is 17.9. The first-order valence-electron chi connectivity index (χ1n) is 10.3. The maximum absolute atomic E-state index is 5.99. The van der Waals surface area contributed by atoms with Gasteiger partial charge in [0.1, 0.15) is 18.1 Å². The molecule has 0 radical (unpaired) electrons. The van der Waals surface area contributed by atoms with Gasteiger partial charge in [-0.3, -0.25) is 9.67 Å². The smallest absolute Gasteiger partial charge is 0.130 e. The zero-order valence-corrected chi connectivity index (χ0v) is 17.9. The largest absolute Gasteiger partial charge is 0.496 e. The lowest BCUT2D eigenvalue weighted by atomic mass is 10.0. The lowest BCUT2D eigenvalue weighted by molar-refractivity contribution is 0.302. The minimum absolute atomic E-state index is 0.389. The molecule has 6 nitrogen and oxygen atoms in total. The molecule has 0 amide bonds. The number of ether oxygens (including phenoxy) is 2. The highest BCUT2D eigenvalue weighted by atomic mass is 16.5. The van der Waals surface area contributed by atoms with Gasteiger partial charge in [-0.15, -0.1) is 0 Å². The Hall–Kier alpha value is -4.19. The molecule has 0 N–H and O–H groups in total. The van der Waals surface area contributed by atoms with E-state index >= 15 is 0 Å². The highest BCUT2D eigenvalue weighted by molar-refractivity contribution is 5.85. The number of aryl methyl sites for hydroxylation is 1. The second-order valence-electron chi connectivity index (χ2n) is 7.41. The van der Waals surface area contributed by atoms with Crippen molar-refractivity contribution in [2.75, 3.05) is 7.11 Å². The lowest BCUT2D eigenvalue weighted by Crippen LogP contribution is -1.99. The van der Waals surface area contributed by atoms with Crippen molar-refractivity contribution in [3.8, 4) is 33.9 Å². The fraction of sp³-hybridized carbons (Fsp3) is 0.115. The van der Waals surface area contributed by atoms with Gasteiger partial charge in [-0.2, -0.15) is 5.10 Å². The lowest BCUT2D eigenvalue weighted by Gasteiger charge is -2.10. The molecule has 0 aliphatic carbocycles. The number of nitrogens with zero attached hydrogens (tertiary/aromatic N) is 4. The van der Waals surface area contributed by atoms with Crippen LogP contribution >= 0.6 is 0 Å². The number of hydrogen-bond acceptors (Lipinski definition) is 5. The molecule has 3 heterocycles. The fourth-order valence-corrected chi connectivity index (χ4v) is 3.82. The summed E-state index contributed by atoms with van der Waals surface area (Å²) in [4.78, 5) is 8.80. The predicted molar refractivity (Wildman–Crippen MR) is 125 cm³/mol. The van der Waals surface area contributed by atoms with Gasteiger partial charge in [0.25, 0.3) is 0 Å². The van der Waals surface area contributed by atoms with Gasteiger partial charge in [0, 0.05) is 36.0 Å². The molecular weight excluding hydrogens is 400 g/mol. The highest BCUT2D eigenvalue weighted by Gasteiger charge is 2.13. The summed E-state index contributed by atoms with van der Waals surface area (Å²) < 4.78 is 13.3. The summed E-state index contributed by atoms with van der Waals surface area (Å²) >= 11 is 0. The van der Waals surface area contributed by atoms with Crippen LogP contribution in [-0.4, -0.2) is 26.9 Å². The van der Waals surface area contributed by atoms with Crippen LogP contribution in [0.3, 0.4) is 0 Å². The summed E-state index contributed by atoms with van der Waals surface area (Å²) in [5, 5.41) is 5.44. The number of benzene rings is 2. The molecule has 5 aromatic rings. The number of pyridine rings is 2. The van der Waals surface area contributed by atoms with Crippen molar-refractivity contribution >= 4 is 10.9 Å². The van der Waals surface area contributed by atoms with Crippen LogP contribution in [0.2, 0.25) is 0 Å². The Morgan fingerprint density at radius 2 is 1.69 bits per heavy atom. The van der Waals surface area contributed by atoms with Crippen molar-refractivity contribution in [3.63, 3.8) is 0 Å². The molecular formula is C26H22N4O2. The average molecular weight is 422 g/mol. The van der Waals surface area contributed by atoms with E-state index in [9.17, 15) is 0 Å². The van der Waals surface area contributed by atoms with Gasteiger partial charge in [0.2, 0.25) is 0 Å². The zero-order chi connectivity index (χ0) is 21.9. The maximum atomic E-state index is 5.99. The third-order valence-electron chi connectivity index (χ3n) is 5.41. The molecule has 32 heavy (non-hydrogen) atoms. The molecule has 0 atom stereocenters. The summed E-state index contributed by atoms with van der Waals surface area (Å²) in [6.07, 6.45) is 5.47. The molecule has 2 aromatic carbocycles. The molecule has 0 saturated heterocycles. The molecule has 0 aliphatic heterocycles. The fourth-order valence-electron chi connectivity index (χ4n) is 3.82. The normalized spacial score (nSPS) is 10.9. The van der Waals surface area contributed by atoms with E-state index in [1.165, 1.54) is 0 Å². The second-order valence-corrected chi connectivity index (χ2v) is 7.41. The number of rotatable bonds is 6. The molecule has 0 aliphatic rings. The highest BCUT2D eigenvalue weighted by Crippen LogP contribution is 2.32. The Bertz CT molecular complexity index is 1360. The first-order valence-corrected chi connectivity index (χ1v) is 10.3. The van der Waals surface area contributed by atoms with Crippen molar-refractivity contribution in [2.24, 2.45) is 7.05 Å². The van der Waals surface area contributed by atoms with Crippen molar-refractivity contribution in [2.45, 2.75) is 6.61 Å². The van der Waals surface area contributed by atoms with E-state index in [-0.39, 0.29) is 0 Å². The predicted octanol–water partition coefficient (Wildman–Crippen LogP) is 5.28. The average Bonchev–Trinajstić information content (AvgIpc) is 3.24. The van der Waals surface area contributed by atoms with Crippen LogP contribution in [0.1, 0.15) is 5.69 Å². The second kappa shape index (κ2) is 8.51. The van der Waals surface area contributed by atoms with Crippen molar-refractivity contribution < 1.29 is 9.47 Å². The topological polar surface area (TPSA) is 62.1 Å². The molecule has 0 fully saturated rings. The van der Waals surface area contributed by atoms with Crippen molar-refractivity contribution in [1.82, 2.24) is 19.7 Å². The van der Waals surface area contributed by atoms with E-state index in [0.717, 1.165) is 50.5 Å². The summed E-state index contributed by atoms with van der Waals surface area (Å²) in [5.74, 6) is 1.60. The third-order valence-corrected chi connectivity index (χ3v) is 5.41.